The second-order valence-electron chi connectivity index (χ2n) is 4.59. The first-order chi connectivity index (χ1) is 11.5. The summed E-state index contributed by atoms with van der Waals surface area (Å²) in [6.45, 7) is 1.80. The van der Waals surface area contributed by atoms with Crippen LogP contribution in [0.25, 0.3) is 17.4 Å². The molecule has 0 saturated heterocycles. The van der Waals surface area contributed by atoms with E-state index in [2.05, 4.69) is 0 Å². The lowest BCUT2D eigenvalue weighted by atomic mass is 10.1. The highest BCUT2D eigenvalue weighted by atomic mass is 35.5. The first-order valence-electron chi connectivity index (χ1n) is 6.88. The molecule has 0 aliphatic rings. The van der Waals surface area contributed by atoms with Crippen LogP contribution in [0, 0.1) is 11.3 Å². The Labute approximate surface area is 142 Å². The molecule has 0 bridgehead atoms. The lowest BCUT2D eigenvalue weighted by Crippen LogP contribution is -2.05. The number of carboxylic acid groups (broad SMARTS) is 1. The molecule has 0 aliphatic carbocycles. The largest absolute Gasteiger partial charge is 0.478 e. The van der Waals surface area contributed by atoms with Crippen LogP contribution < -0.4 is 0 Å². The average molecular weight is 346 g/mol. The summed E-state index contributed by atoms with van der Waals surface area (Å²) in [6, 6.07) is 9.34. The highest BCUT2D eigenvalue weighted by molar-refractivity contribution is 6.33. The lowest BCUT2D eigenvalue weighted by molar-refractivity contribution is -0.137. The highest BCUT2D eigenvalue weighted by Crippen LogP contribution is 2.28. The predicted molar refractivity (Wildman–Crippen MR) is 86.3 cm³/mol. The number of benzene rings is 1. The van der Waals surface area contributed by atoms with Gasteiger partial charge in [0, 0.05) is 11.6 Å². The van der Waals surface area contributed by atoms with Gasteiger partial charge in [-0.15, -0.1) is 0 Å². The second kappa shape index (κ2) is 7.49. The molecule has 2 rings (SSSR count). The average Bonchev–Trinajstić information content (AvgIpc) is 3.01. The van der Waals surface area contributed by atoms with Crippen molar-refractivity contribution in [2.24, 2.45) is 0 Å². The van der Waals surface area contributed by atoms with E-state index in [0.717, 1.165) is 0 Å². The molecule has 2 aromatic rings. The smallest absolute Gasteiger partial charge is 0.349 e. The van der Waals surface area contributed by atoms with E-state index < -0.39 is 11.9 Å². The van der Waals surface area contributed by atoms with Gasteiger partial charge in [-0.2, -0.15) is 5.26 Å². The van der Waals surface area contributed by atoms with E-state index in [1.54, 1.807) is 31.2 Å². The summed E-state index contributed by atoms with van der Waals surface area (Å²) < 4.78 is 10.3. The van der Waals surface area contributed by atoms with Crippen molar-refractivity contribution in [3.05, 3.63) is 52.3 Å². The van der Waals surface area contributed by atoms with Gasteiger partial charge in [0.05, 0.1) is 17.2 Å². The molecule has 0 saturated carbocycles. The minimum Gasteiger partial charge on any atom is -0.478 e. The van der Waals surface area contributed by atoms with Crippen LogP contribution in [0.5, 0.6) is 0 Å². The normalized spacial score (nSPS) is 11.0. The highest BCUT2D eigenvalue weighted by Gasteiger charge is 2.13. The molecule has 7 heteroatoms. The number of hydrogen-bond acceptors (Lipinski definition) is 5. The number of nitrogens with zero attached hydrogens (tertiary/aromatic N) is 1. The van der Waals surface area contributed by atoms with E-state index in [9.17, 15) is 9.59 Å². The third-order valence-corrected chi connectivity index (χ3v) is 3.33. The number of esters is 1. The SMILES string of the molecule is CCOC(=O)C(C#N)=Cc1ccc(-c2ccc(C(=O)O)c(Cl)c2)o1. The van der Waals surface area contributed by atoms with Crippen molar-refractivity contribution in [1.82, 2.24) is 0 Å². The van der Waals surface area contributed by atoms with E-state index in [1.807, 2.05) is 0 Å². The molecule has 0 spiro atoms. The van der Waals surface area contributed by atoms with Gasteiger partial charge in [0.25, 0.3) is 0 Å². The molecule has 122 valence electrons. The molecule has 0 radical (unpaired) electrons. The zero-order chi connectivity index (χ0) is 17.7. The van der Waals surface area contributed by atoms with Gasteiger partial charge in [-0.3, -0.25) is 0 Å². The summed E-state index contributed by atoms with van der Waals surface area (Å²) in [6.07, 6.45) is 1.27. The number of carbonyl (C=O) groups is 2. The number of carbonyl (C=O) groups excluding carboxylic acids is 1. The van der Waals surface area contributed by atoms with E-state index in [4.69, 9.17) is 31.1 Å². The Morgan fingerprint density at radius 1 is 1.38 bits per heavy atom. The zero-order valence-electron chi connectivity index (χ0n) is 12.6. The predicted octanol–water partition coefficient (Wildman–Crippen LogP) is 3.77. The molecule has 1 aromatic heterocycles. The number of ether oxygens (including phenoxy) is 1. The van der Waals surface area contributed by atoms with Gasteiger partial charge in [0.15, 0.2) is 0 Å². The van der Waals surface area contributed by atoms with E-state index >= 15 is 0 Å². The fourth-order valence-electron chi connectivity index (χ4n) is 1.92. The third-order valence-electron chi connectivity index (χ3n) is 3.01. The third kappa shape index (κ3) is 3.83. The molecule has 0 unspecified atom stereocenters. The van der Waals surface area contributed by atoms with Crippen LogP contribution in [0.15, 0.2) is 40.3 Å². The first-order valence-corrected chi connectivity index (χ1v) is 7.26. The minimum atomic E-state index is -1.12. The van der Waals surface area contributed by atoms with Crippen molar-refractivity contribution < 1.29 is 23.8 Å². The molecule has 24 heavy (non-hydrogen) atoms. The standard InChI is InChI=1S/C17H12ClNO5/c1-2-23-17(22)11(9-19)7-12-4-6-15(24-12)10-3-5-13(16(20)21)14(18)8-10/h3-8H,2H2,1H3,(H,20,21). The van der Waals surface area contributed by atoms with E-state index in [0.29, 0.717) is 11.3 Å². The molecule has 0 aliphatic heterocycles. The Balaban J connectivity index is 2.31. The fourth-order valence-corrected chi connectivity index (χ4v) is 2.18. The second-order valence-corrected chi connectivity index (χ2v) is 5.00. The van der Waals surface area contributed by atoms with Crippen molar-refractivity contribution in [1.29, 1.82) is 5.26 Å². The van der Waals surface area contributed by atoms with E-state index in [-0.39, 0.29) is 28.5 Å². The van der Waals surface area contributed by atoms with Crippen molar-refractivity contribution >= 4 is 29.6 Å². The monoisotopic (exact) mass is 345 g/mol. The molecule has 0 amide bonds. The van der Waals surface area contributed by atoms with Crippen LogP contribution in [0.3, 0.4) is 0 Å². The Kier molecular flexibility index (Phi) is 5.40. The van der Waals surface area contributed by atoms with Gasteiger partial charge >= 0.3 is 11.9 Å². The molecule has 1 aromatic carbocycles. The zero-order valence-corrected chi connectivity index (χ0v) is 13.3. The van der Waals surface area contributed by atoms with Crippen LogP contribution in [0.1, 0.15) is 23.0 Å². The fraction of sp³-hybridized carbons (Fsp3) is 0.118. The van der Waals surface area contributed by atoms with Gasteiger partial charge < -0.3 is 14.3 Å². The molecular formula is C17H12ClNO5. The summed E-state index contributed by atoms with van der Waals surface area (Å²) in [5.74, 6) is -1.15. The van der Waals surface area contributed by atoms with Crippen LogP contribution in [-0.4, -0.2) is 23.7 Å². The van der Waals surface area contributed by atoms with Crippen LogP contribution in [0.2, 0.25) is 5.02 Å². The molecule has 0 atom stereocenters. The van der Waals surface area contributed by atoms with Gasteiger partial charge in [-0.25, -0.2) is 9.59 Å². The molecule has 6 nitrogen and oxygen atoms in total. The number of halogens is 1. The lowest BCUT2D eigenvalue weighted by Gasteiger charge is -2.02. The summed E-state index contributed by atoms with van der Waals surface area (Å²) >= 11 is 5.93. The summed E-state index contributed by atoms with van der Waals surface area (Å²) in [7, 11) is 0. The van der Waals surface area contributed by atoms with Crippen molar-refractivity contribution in [2.75, 3.05) is 6.61 Å². The van der Waals surface area contributed by atoms with Crippen LogP contribution in [0.4, 0.5) is 0 Å². The van der Waals surface area contributed by atoms with Crippen molar-refractivity contribution in [2.45, 2.75) is 6.92 Å². The Morgan fingerprint density at radius 3 is 2.71 bits per heavy atom. The number of rotatable bonds is 5. The van der Waals surface area contributed by atoms with E-state index in [1.165, 1.54) is 18.2 Å². The first kappa shape index (κ1) is 17.3. The maximum Gasteiger partial charge on any atom is 0.349 e. The molecule has 1 N–H and O–H groups in total. The minimum absolute atomic E-state index is 0.0128. The molecule has 0 fully saturated rings. The maximum atomic E-state index is 11.6. The van der Waals surface area contributed by atoms with Gasteiger partial charge in [-0.05, 0) is 31.2 Å². The quantitative estimate of drug-likeness (QED) is 0.503. The van der Waals surface area contributed by atoms with Crippen LogP contribution in [-0.2, 0) is 9.53 Å². The van der Waals surface area contributed by atoms with Gasteiger partial charge in [0.1, 0.15) is 23.2 Å². The Hall–Kier alpha value is -3.04. The van der Waals surface area contributed by atoms with Crippen LogP contribution >= 0.6 is 11.6 Å². The number of aromatic carboxylic acids is 1. The number of nitriles is 1. The Morgan fingerprint density at radius 2 is 2.12 bits per heavy atom. The van der Waals surface area contributed by atoms with Gasteiger partial charge in [-0.1, -0.05) is 17.7 Å². The summed E-state index contributed by atoms with van der Waals surface area (Å²) in [4.78, 5) is 22.5. The number of furan rings is 1. The summed E-state index contributed by atoms with van der Waals surface area (Å²) in [5, 5.41) is 18.0. The molecular weight excluding hydrogens is 334 g/mol. The summed E-state index contributed by atoms with van der Waals surface area (Å²) in [5.41, 5.74) is 0.373. The molecule has 1 heterocycles. The Bertz CT molecular complexity index is 860. The van der Waals surface area contributed by atoms with Crippen molar-refractivity contribution in [3.63, 3.8) is 0 Å². The number of carboxylic acids is 1. The maximum absolute atomic E-state index is 11.6. The topological polar surface area (TPSA) is 101 Å². The number of hydrogen-bond donors (Lipinski definition) is 1. The van der Waals surface area contributed by atoms with Crippen molar-refractivity contribution in [3.8, 4) is 17.4 Å². The van der Waals surface area contributed by atoms with Gasteiger partial charge in [0.2, 0.25) is 0 Å².